The molecule has 1 N–H and O–H groups in total. The number of halogens is 3. The fourth-order valence-corrected chi connectivity index (χ4v) is 3.33. The van der Waals surface area contributed by atoms with Crippen molar-refractivity contribution in [2.24, 2.45) is 5.41 Å². The third kappa shape index (κ3) is 2.54. The van der Waals surface area contributed by atoms with Gasteiger partial charge in [-0.05, 0) is 20.3 Å². The lowest BCUT2D eigenvalue weighted by Crippen LogP contribution is -2.47. The van der Waals surface area contributed by atoms with Crippen molar-refractivity contribution in [3.8, 4) is 0 Å². The van der Waals surface area contributed by atoms with Crippen LogP contribution in [0.3, 0.4) is 0 Å². The molecule has 4 nitrogen and oxygen atoms in total. The Morgan fingerprint density at radius 3 is 2.55 bits per heavy atom. The van der Waals surface area contributed by atoms with Gasteiger partial charge in [0.05, 0.1) is 12.2 Å². The molecule has 8 heteroatoms. The molecule has 2 heterocycles. The lowest BCUT2D eigenvalue weighted by Gasteiger charge is -2.27. The van der Waals surface area contributed by atoms with Crippen molar-refractivity contribution in [2.45, 2.75) is 33.0 Å². The largest absolute Gasteiger partial charge is 0.481 e. The molecule has 112 valence electrons. The first-order valence-corrected chi connectivity index (χ1v) is 6.93. The third-order valence-electron chi connectivity index (χ3n) is 3.73. The number of aromatic nitrogens is 1. The summed E-state index contributed by atoms with van der Waals surface area (Å²) in [7, 11) is 0. The van der Waals surface area contributed by atoms with Gasteiger partial charge in [0.25, 0.3) is 0 Å². The second-order valence-corrected chi connectivity index (χ2v) is 6.38. The number of rotatable bonds is 3. The van der Waals surface area contributed by atoms with Gasteiger partial charge >= 0.3 is 12.1 Å². The smallest absolute Gasteiger partial charge is 0.406 e. The monoisotopic (exact) mass is 308 g/mol. The van der Waals surface area contributed by atoms with Crippen molar-refractivity contribution in [1.29, 1.82) is 0 Å². The topological polar surface area (TPSA) is 53.4 Å². The number of aliphatic carboxylic acids is 1. The first kappa shape index (κ1) is 15.2. The van der Waals surface area contributed by atoms with E-state index in [1.807, 2.05) is 13.8 Å². The Labute approximate surface area is 118 Å². The highest BCUT2D eigenvalue weighted by molar-refractivity contribution is 7.11. The molecule has 20 heavy (non-hydrogen) atoms. The summed E-state index contributed by atoms with van der Waals surface area (Å²) in [6.07, 6.45) is -5.14. The minimum atomic E-state index is -4.73. The number of thiazole rings is 1. The van der Waals surface area contributed by atoms with Gasteiger partial charge in [-0.15, -0.1) is 11.3 Å². The summed E-state index contributed by atoms with van der Waals surface area (Å²) in [6.45, 7) is 3.62. The number of aryl methyl sites for hydroxylation is 2. The number of nitrogens with zero attached hydrogens (tertiary/aromatic N) is 2. The molecule has 1 aromatic heterocycles. The predicted octanol–water partition coefficient (Wildman–Crippen LogP) is 2.60. The Kier molecular flexibility index (Phi) is 3.81. The van der Waals surface area contributed by atoms with Crippen LogP contribution in [0.2, 0.25) is 0 Å². The first-order valence-electron chi connectivity index (χ1n) is 6.11. The van der Waals surface area contributed by atoms with Crippen molar-refractivity contribution >= 4 is 17.3 Å². The SMILES string of the molecule is Cc1nc(CN2CCC(C(=O)O)(C(F)(F)F)C2)sc1C. The highest BCUT2D eigenvalue weighted by Crippen LogP contribution is 2.46. The second-order valence-electron chi connectivity index (χ2n) is 5.09. The lowest BCUT2D eigenvalue weighted by atomic mass is 9.86. The van der Waals surface area contributed by atoms with Gasteiger partial charge in [-0.3, -0.25) is 9.69 Å². The first-order chi connectivity index (χ1) is 9.15. The minimum Gasteiger partial charge on any atom is -0.481 e. The van der Waals surface area contributed by atoms with Gasteiger partial charge < -0.3 is 5.11 Å². The fourth-order valence-electron chi connectivity index (χ4n) is 2.35. The lowest BCUT2D eigenvalue weighted by molar-refractivity contribution is -0.227. The molecule has 1 fully saturated rings. The number of likely N-dealkylation sites (tertiary alicyclic amines) is 1. The number of alkyl halides is 3. The maximum atomic E-state index is 13.0. The highest BCUT2D eigenvalue weighted by Gasteiger charge is 2.63. The van der Waals surface area contributed by atoms with Crippen LogP contribution in [0, 0.1) is 19.3 Å². The Bertz CT molecular complexity index is 510. The molecule has 0 bridgehead atoms. The van der Waals surface area contributed by atoms with E-state index in [4.69, 9.17) is 5.11 Å². The Morgan fingerprint density at radius 1 is 1.50 bits per heavy atom. The molecule has 1 saturated heterocycles. The van der Waals surface area contributed by atoms with Crippen molar-refractivity contribution < 1.29 is 23.1 Å². The van der Waals surface area contributed by atoms with Gasteiger partial charge in [-0.25, -0.2) is 4.98 Å². The molecule has 1 aliphatic heterocycles. The van der Waals surface area contributed by atoms with E-state index in [-0.39, 0.29) is 13.1 Å². The quantitative estimate of drug-likeness (QED) is 0.932. The maximum Gasteiger partial charge on any atom is 0.406 e. The number of carboxylic acids is 1. The van der Waals surface area contributed by atoms with E-state index in [0.717, 1.165) is 15.6 Å². The van der Waals surface area contributed by atoms with Crippen LogP contribution < -0.4 is 0 Å². The molecule has 1 aromatic rings. The molecule has 0 radical (unpaired) electrons. The highest BCUT2D eigenvalue weighted by atomic mass is 32.1. The van der Waals surface area contributed by atoms with Crippen LogP contribution >= 0.6 is 11.3 Å². The van der Waals surface area contributed by atoms with Crippen LogP contribution in [0.4, 0.5) is 13.2 Å². The molecular weight excluding hydrogens is 293 g/mol. The van der Waals surface area contributed by atoms with Crippen LogP contribution in [0.15, 0.2) is 0 Å². The molecule has 0 saturated carbocycles. The summed E-state index contributed by atoms with van der Waals surface area (Å²) in [5, 5.41) is 9.70. The maximum absolute atomic E-state index is 13.0. The minimum absolute atomic E-state index is 0.115. The third-order valence-corrected chi connectivity index (χ3v) is 4.79. The summed E-state index contributed by atoms with van der Waals surface area (Å²) in [5.74, 6) is -1.79. The van der Waals surface area contributed by atoms with Crippen molar-refractivity contribution in [3.05, 3.63) is 15.6 Å². The van der Waals surface area contributed by atoms with Crippen molar-refractivity contribution in [3.63, 3.8) is 0 Å². The molecule has 1 atom stereocenters. The van der Waals surface area contributed by atoms with E-state index in [9.17, 15) is 18.0 Å². The predicted molar refractivity (Wildman–Crippen MR) is 67.6 cm³/mol. The molecule has 1 unspecified atom stereocenters. The fraction of sp³-hybridized carbons (Fsp3) is 0.667. The van der Waals surface area contributed by atoms with Crippen molar-refractivity contribution in [1.82, 2.24) is 9.88 Å². The van der Waals surface area contributed by atoms with E-state index >= 15 is 0 Å². The Balaban J connectivity index is 2.13. The van der Waals surface area contributed by atoms with E-state index in [1.54, 1.807) is 0 Å². The van der Waals surface area contributed by atoms with Gasteiger partial charge in [-0.1, -0.05) is 0 Å². The average Bonchev–Trinajstić information content (AvgIpc) is 2.84. The molecule has 1 aliphatic rings. The average molecular weight is 308 g/mol. The molecule has 0 aromatic carbocycles. The van der Waals surface area contributed by atoms with Gasteiger partial charge in [0.2, 0.25) is 0 Å². The molecule has 2 rings (SSSR count). The van der Waals surface area contributed by atoms with Crippen LogP contribution in [0.5, 0.6) is 0 Å². The van der Waals surface area contributed by atoms with Gasteiger partial charge in [-0.2, -0.15) is 13.2 Å². The summed E-state index contributed by atoms with van der Waals surface area (Å²) < 4.78 is 39.1. The summed E-state index contributed by atoms with van der Waals surface area (Å²) in [6, 6.07) is 0. The molecule has 0 amide bonds. The van der Waals surface area contributed by atoms with Crippen molar-refractivity contribution in [2.75, 3.05) is 13.1 Å². The number of carboxylic acid groups (broad SMARTS) is 1. The summed E-state index contributed by atoms with van der Waals surface area (Å²) in [4.78, 5) is 17.9. The Morgan fingerprint density at radius 2 is 2.15 bits per heavy atom. The van der Waals surface area contributed by atoms with E-state index in [1.165, 1.54) is 16.2 Å². The van der Waals surface area contributed by atoms with Crippen LogP contribution in [0.25, 0.3) is 0 Å². The van der Waals surface area contributed by atoms with Crippen LogP contribution in [-0.2, 0) is 11.3 Å². The number of hydrogen-bond donors (Lipinski definition) is 1. The van der Waals surface area contributed by atoms with E-state index in [2.05, 4.69) is 4.98 Å². The Hall–Kier alpha value is -1.15. The van der Waals surface area contributed by atoms with E-state index in [0.29, 0.717) is 0 Å². The van der Waals surface area contributed by atoms with Gasteiger partial charge in [0.15, 0.2) is 5.41 Å². The normalized spacial score (nSPS) is 24.2. The van der Waals surface area contributed by atoms with Gasteiger partial charge in [0, 0.05) is 18.0 Å². The number of carbonyl (C=O) groups is 1. The second kappa shape index (κ2) is 5.00. The van der Waals surface area contributed by atoms with Crippen LogP contribution in [0.1, 0.15) is 22.0 Å². The molecule has 0 aliphatic carbocycles. The molecular formula is C12H15F3N2O2S. The molecule has 0 spiro atoms. The summed E-state index contributed by atoms with van der Waals surface area (Å²) >= 11 is 1.44. The standard InChI is InChI=1S/C12H15F3N2O2S/c1-7-8(2)20-9(16-7)5-17-4-3-11(6-17,10(18)19)12(13,14)15/h3-6H2,1-2H3,(H,18,19). The summed E-state index contributed by atoms with van der Waals surface area (Å²) in [5.41, 5.74) is -1.78. The number of hydrogen-bond acceptors (Lipinski definition) is 4. The van der Waals surface area contributed by atoms with Crippen LogP contribution in [-0.4, -0.2) is 40.2 Å². The van der Waals surface area contributed by atoms with Gasteiger partial charge in [0.1, 0.15) is 5.01 Å². The zero-order valence-electron chi connectivity index (χ0n) is 11.1. The van der Waals surface area contributed by atoms with E-state index < -0.39 is 30.5 Å². The zero-order chi connectivity index (χ0) is 15.1. The zero-order valence-corrected chi connectivity index (χ0v) is 11.9.